The first-order valence-electron chi connectivity index (χ1n) is 15.1. The molecular formula is C32H54O4. The zero-order valence-corrected chi connectivity index (χ0v) is 24.7. The van der Waals surface area contributed by atoms with E-state index in [-0.39, 0.29) is 56.9 Å². The number of aliphatic hydroxyl groups is 1. The van der Waals surface area contributed by atoms with Crippen molar-refractivity contribution in [2.75, 3.05) is 6.61 Å². The first kappa shape index (κ1) is 27.1. The normalized spacial score (nSPS) is 53.9. The van der Waals surface area contributed by atoms with E-state index in [2.05, 4.69) is 62.3 Å². The molecule has 1 N–H and O–H groups in total. The van der Waals surface area contributed by atoms with Crippen LogP contribution in [0.1, 0.15) is 120 Å². The molecule has 0 aromatic rings. The van der Waals surface area contributed by atoms with Crippen molar-refractivity contribution in [3.8, 4) is 0 Å². The van der Waals surface area contributed by atoms with Crippen LogP contribution in [0.3, 0.4) is 0 Å². The van der Waals surface area contributed by atoms with Crippen LogP contribution in [0.5, 0.6) is 0 Å². The maximum absolute atomic E-state index is 14.3. The lowest BCUT2D eigenvalue weighted by molar-refractivity contribution is -0.251. The fraction of sp³-hybridized carbons (Fsp3) is 0.969. The number of rotatable bonds is 3. The molecule has 1 heterocycles. The largest absolute Gasteiger partial charge is 0.393 e. The second-order valence-electron chi connectivity index (χ2n) is 15.8. The van der Waals surface area contributed by atoms with Gasteiger partial charge in [0.15, 0.2) is 0 Å². The van der Waals surface area contributed by atoms with E-state index in [1.807, 2.05) is 0 Å². The molecule has 10 atom stereocenters. The summed E-state index contributed by atoms with van der Waals surface area (Å²) in [6, 6.07) is 0. The van der Waals surface area contributed by atoms with E-state index in [9.17, 15) is 9.90 Å². The highest BCUT2D eigenvalue weighted by molar-refractivity contribution is 5.85. The lowest BCUT2D eigenvalue weighted by Gasteiger charge is -2.70. The second-order valence-corrected chi connectivity index (χ2v) is 15.8. The van der Waals surface area contributed by atoms with E-state index in [4.69, 9.17) is 9.47 Å². The summed E-state index contributed by atoms with van der Waals surface area (Å²) < 4.78 is 13.1. The van der Waals surface area contributed by atoms with Crippen molar-refractivity contribution in [3.05, 3.63) is 0 Å². The van der Waals surface area contributed by atoms with E-state index < -0.39 is 0 Å². The Balaban J connectivity index is 1.52. The van der Waals surface area contributed by atoms with Crippen LogP contribution in [0.4, 0.5) is 0 Å². The first-order valence-corrected chi connectivity index (χ1v) is 15.1. The molecule has 36 heavy (non-hydrogen) atoms. The van der Waals surface area contributed by atoms with Crippen LogP contribution in [-0.2, 0) is 14.3 Å². The minimum Gasteiger partial charge on any atom is -0.393 e. The fourth-order valence-electron chi connectivity index (χ4n) is 11.6. The van der Waals surface area contributed by atoms with Crippen LogP contribution < -0.4 is 0 Å². The fourth-order valence-corrected chi connectivity index (χ4v) is 11.6. The molecule has 4 nitrogen and oxygen atoms in total. The second kappa shape index (κ2) is 8.28. The molecule has 1 aliphatic heterocycles. The summed E-state index contributed by atoms with van der Waals surface area (Å²) in [6.07, 6.45) is 8.85. The van der Waals surface area contributed by atoms with Crippen LogP contribution in [0.2, 0.25) is 0 Å². The Morgan fingerprint density at radius 3 is 2.28 bits per heavy atom. The van der Waals surface area contributed by atoms with Crippen LogP contribution in [0.25, 0.3) is 0 Å². The van der Waals surface area contributed by atoms with Gasteiger partial charge in [0.05, 0.1) is 23.4 Å². The Morgan fingerprint density at radius 2 is 1.64 bits per heavy atom. The van der Waals surface area contributed by atoms with Crippen molar-refractivity contribution < 1.29 is 19.4 Å². The van der Waals surface area contributed by atoms with Crippen LogP contribution >= 0.6 is 0 Å². The van der Waals surface area contributed by atoms with Crippen molar-refractivity contribution in [1.82, 2.24) is 0 Å². The number of fused-ring (bicyclic) bond motifs is 5. The molecule has 0 spiro atoms. The number of Topliss-reactive ketones (excluding diaryl/α,β-unsaturated/α-hetero) is 1. The SMILES string of the molecule is CCO[C@H]1CC[C@]2(C)[C@H]3C[C@@H](O)[C@@H]4[C@@H]([C@@]5(C)CCCC(C)(C)O5)CC[C@@]4(C)[C@]3(C)CC(=O)[C@H]2C1(C)C. The number of ketones is 1. The highest BCUT2D eigenvalue weighted by atomic mass is 16.5. The first-order chi connectivity index (χ1) is 16.6. The zero-order valence-electron chi connectivity index (χ0n) is 24.7. The van der Waals surface area contributed by atoms with Crippen molar-refractivity contribution in [3.63, 3.8) is 0 Å². The molecule has 0 bridgehead atoms. The van der Waals surface area contributed by atoms with Crippen molar-refractivity contribution in [2.24, 2.45) is 45.3 Å². The predicted octanol–water partition coefficient (Wildman–Crippen LogP) is 6.96. The summed E-state index contributed by atoms with van der Waals surface area (Å²) in [7, 11) is 0. The molecule has 5 rings (SSSR count). The van der Waals surface area contributed by atoms with E-state index in [1.54, 1.807) is 0 Å². The van der Waals surface area contributed by atoms with Gasteiger partial charge < -0.3 is 14.6 Å². The lowest BCUT2D eigenvalue weighted by Crippen LogP contribution is -2.69. The third-order valence-corrected chi connectivity index (χ3v) is 13.1. The number of aliphatic hydroxyl groups excluding tert-OH is 1. The van der Waals surface area contributed by atoms with Gasteiger partial charge in [-0.1, -0.05) is 34.6 Å². The Labute approximate surface area is 220 Å². The van der Waals surface area contributed by atoms with Crippen molar-refractivity contribution >= 4 is 5.78 Å². The monoisotopic (exact) mass is 502 g/mol. The zero-order chi connectivity index (χ0) is 26.5. The molecule has 0 aromatic heterocycles. The summed E-state index contributed by atoms with van der Waals surface area (Å²) in [5, 5.41) is 12.0. The molecule has 0 unspecified atom stereocenters. The van der Waals surface area contributed by atoms with E-state index in [1.165, 1.54) is 6.42 Å². The van der Waals surface area contributed by atoms with Crippen LogP contribution in [-0.4, -0.2) is 40.9 Å². The van der Waals surface area contributed by atoms with Gasteiger partial charge in [-0.2, -0.15) is 0 Å². The van der Waals surface area contributed by atoms with Gasteiger partial charge in [0, 0.05) is 24.4 Å². The lowest BCUT2D eigenvalue weighted by atomic mass is 9.34. The number of carbonyl (C=O) groups excluding carboxylic acids is 1. The Hall–Kier alpha value is -0.450. The highest BCUT2D eigenvalue weighted by Crippen LogP contribution is 2.75. The summed E-state index contributed by atoms with van der Waals surface area (Å²) in [4.78, 5) is 14.3. The third kappa shape index (κ3) is 3.52. The topological polar surface area (TPSA) is 55.8 Å². The number of hydrogen-bond acceptors (Lipinski definition) is 4. The maximum Gasteiger partial charge on any atom is 0.137 e. The van der Waals surface area contributed by atoms with Crippen molar-refractivity contribution in [1.29, 1.82) is 0 Å². The maximum atomic E-state index is 14.3. The number of hydrogen-bond donors (Lipinski definition) is 1. The quantitative estimate of drug-likeness (QED) is 0.453. The van der Waals surface area contributed by atoms with E-state index >= 15 is 0 Å². The summed E-state index contributed by atoms with van der Waals surface area (Å²) in [6.45, 7) is 21.4. The molecule has 5 fully saturated rings. The average molecular weight is 503 g/mol. The summed E-state index contributed by atoms with van der Waals surface area (Å²) in [5.74, 6) is 1.34. The number of ether oxygens (including phenoxy) is 2. The van der Waals surface area contributed by atoms with Crippen LogP contribution in [0, 0.1) is 45.3 Å². The standard InChI is InChI=1S/C32H54O4/c1-10-35-24-13-16-29(6)23-18-21(33)25-20(32(9)15-11-14-27(2,3)36-32)12-17-30(25,7)31(23,8)19-22(34)26(29)28(24,4)5/h20-21,23-26,33H,10-19H2,1-9H3/t20-,21+,23+,24-,25-,26-,29+,30+,31+,32+/m0/s1. The van der Waals surface area contributed by atoms with Gasteiger partial charge >= 0.3 is 0 Å². The molecule has 1 saturated heterocycles. The Bertz CT molecular complexity index is 895. The van der Waals surface area contributed by atoms with Crippen molar-refractivity contribution in [2.45, 2.75) is 144 Å². The number of carbonyl (C=O) groups is 1. The van der Waals surface area contributed by atoms with Gasteiger partial charge in [-0.05, 0) is 113 Å². The molecule has 206 valence electrons. The molecule has 4 aliphatic carbocycles. The molecule has 0 aromatic carbocycles. The molecule has 0 radical (unpaired) electrons. The minimum absolute atomic E-state index is 0.00193. The van der Waals surface area contributed by atoms with Gasteiger partial charge in [0.2, 0.25) is 0 Å². The molecule has 5 aliphatic rings. The van der Waals surface area contributed by atoms with E-state index in [0.29, 0.717) is 30.6 Å². The highest BCUT2D eigenvalue weighted by Gasteiger charge is 2.73. The third-order valence-electron chi connectivity index (χ3n) is 13.1. The van der Waals surface area contributed by atoms with Gasteiger partial charge in [0.25, 0.3) is 0 Å². The minimum atomic E-state index is -0.329. The molecule has 4 heteroatoms. The van der Waals surface area contributed by atoms with Gasteiger partial charge in [-0.25, -0.2) is 0 Å². The smallest absolute Gasteiger partial charge is 0.137 e. The Morgan fingerprint density at radius 1 is 0.944 bits per heavy atom. The predicted molar refractivity (Wildman–Crippen MR) is 144 cm³/mol. The van der Waals surface area contributed by atoms with Crippen LogP contribution in [0.15, 0.2) is 0 Å². The molecule has 0 amide bonds. The van der Waals surface area contributed by atoms with Gasteiger partial charge in [-0.3, -0.25) is 4.79 Å². The van der Waals surface area contributed by atoms with Gasteiger partial charge in [-0.15, -0.1) is 0 Å². The van der Waals surface area contributed by atoms with Gasteiger partial charge in [0.1, 0.15) is 5.78 Å². The average Bonchev–Trinajstić information content (AvgIpc) is 3.12. The molecule has 4 saturated carbocycles. The summed E-state index contributed by atoms with van der Waals surface area (Å²) >= 11 is 0. The molecular weight excluding hydrogens is 448 g/mol. The summed E-state index contributed by atoms with van der Waals surface area (Å²) in [5.41, 5.74) is -0.734. The Kier molecular flexibility index (Phi) is 6.24. The van der Waals surface area contributed by atoms with E-state index in [0.717, 1.165) is 44.9 Å².